The van der Waals surface area contributed by atoms with E-state index in [-0.39, 0.29) is 22.1 Å². The second-order valence-corrected chi connectivity index (χ2v) is 6.33. The molecule has 2 aliphatic heterocycles. The second-order valence-electron chi connectivity index (χ2n) is 5.93. The smallest absolute Gasteiger partial charge is 0.335 e. The summed E-state index contributed by atoms with van der Waals surface area (Å²) in [6, 6.07) is 4.22. The second kappa shape index (κ2) is 5.89. The lowest BCUT2D eigenvalue weighted by atomic mass is 9.88. The zero-order valence-electron chi connectivity index (χ0n) is 12.2. The predicted octanol–water partition coefficient (Wildman–Crippen LogP) is 2.82. The van der Waals surface area contributed by atoms with Gasteiger partial charge in [-0.15, -0.1) is 0 Å². The first kappa shape index (κ1) is 15.3. The van der Waals surface area contributed by atoms with E-state index in [9.17, 15) is 9.59 Å². The maximum absolute atomic E-state index is 12.6. The number of amides is 1. The minimum Gasteiger partial charge on any atom is -0.478 e. The van der Waals surface area contributed by atoms with Crippen LogP contribution >= 0.6 is 11.6 Å². The first-order valence-corrected chi connectivity index (χ1v) is 7.85. The SMILES string of the molecule is O=C(O)c1ccc(C(=O)N2CCC3(CCCO3)CC2)c(Cl)c1. The number of halogens is 1. The van der Waals surface area contributed by atoms with E-state index >= 15 is 0 Å². The quantitative estimate of drug-likeness (QED) is 0.908. The van der Waals surface area contributed by atoms with Gasteiger partial charge in [-0.05, 0) is 43.9 Å². The van der Waals surface area contributed by atoms with Crippen LogP contribution in [0.3, 0.4) is 0 Å². The van der Waals surface area contributed by atoms with Gasteiger partial charge in [0.2, 0.25) is 0 Å². The van der Waals surface area contributed by atoms with E-state index in [1.807, 2.05) is 0 Å². The van der Waals surface area contributed by atoms with Crippen LogP contribution in [0.25, 0.3) is 0 Å². The lowest BCUT2D eigenvalue weighted by Crippen LogP contribution is -2.46. The Labute approximate surface area is 133 Å². The highest BCUT2D eigenvalue weighted by atomic mass is 35.5. The molecule has 0 aromatic heterocycles. The van der Waals surface area contributed by atoms with Crippen molar-refractivity contribution in [3.63, 3.8) is 0 Å². The van der Waals surface area contributed by atoms with Gasteiger partial charge in [-0.1, -0.05) is 11.6 Å². The minimum absolute atomic E-state index is 0.0340. The number of likely N-dealkylation sites (tertiary alicyclic amines) is 1. The molecule has 1 aromatic carbocycles. The Morgan fingerprint density at radius 1 is 1.23 bits per heavy atom. The molecule has 2 saturated heterocycles. The summed E-state index contributed by atoms with van der Waals surface area (Å²) in [4.78, 5) is 25.2. The molecule has 5 nitrogen and oxygen atoms in total. The van der Waals surface area contributed by atoms with Crippen molar-refractivity contribution in [2.75, 3.05) is 19.7 Å². The Morgan fingerprint density at radius 2 is 1.95 bits per heavy atom. The van der Waals surface area contributed by atoms with Crippen LogP contribution in [0.1, 0.15) is 46.4 Å². The zero-order chi connectivity index (χ0) is 15.7. The van der Waals surface area contributed by atoms with Crippen LogP contribution in [-0.4, -0.2) is 47.2 Å². The van der Waals surface area contributed by atoms with Gasteiger partial charge in [0, 0.05) is 19.7 Å². The van der Waals surface area contributed by atoms with Crippen LogP contribution in [0.15, 0.2) is 18.2 Å². The number of hydrogen-bond acceptors (Lipinski definition) is 3. The number of carboxylic acid groups (broad SMARTS) is 1. The number of aromatic carboxylic acids is 1. The summed E-state index contributed by atoms with van der Waals surface area (Å²) in [7, 11) is 0. The number of ether oxygens (including phenoxy) is 1. The van der Waals surface area contributed by atoms with Gasteiger partial charge >= 0.3 is 5.97 Å². The number of carboxylic acids is 1. The van der Waals surface area contributed by atoms with Gasteiger partial charge in [0.15, 0.2) is 0 Å². The first-order valence-electron chi connectivity index (χ1n) is 7.47. The average molecular weight is 324 g/mol. The van der Waals surface area contributed by atoms with Crippen LogP contribution in [0.5, 0.6) is 0 Å². The monoisotopic (exact) mass is 323 g/mol. The van der Waals surface area contributed by atoms with Gasteiger partial charge in [-0.25, -0.2) is 4.79 Å². The average Bonchev–Trinajstić information content (AvgIpc) is 2.95. The Bertz CT molecular complexity index is 600. The van der Waals surface area contributed by atoms with Crippen molar-refractivity contribution in [3.8, 4) is 0 Å². The number of hydrogen-bond donors (Lipinski definition) is 1. The van der Waals surface area contributed by atoms with E-state index in [4.69, 9.17) is 21.4 Å². The maximum Gasteiger partial charge on any atom is 0.335 e. The molecule has 0 aliphatic carbocycles. The fourth-order valence-corrected chi connectivity index (χ4v) is 3.52. The highest BCUT2D eigenvalue weighted by Crippen LogP contribution is 2.36. The molecule has 0 unspecified atom stereocenters. The van der Waals surface area contributed by atoms with Gasteiger partial charge in [-0.3, -0.25) is 4.79 Å². The molecule has 0 bridgehead atoms. The third-order valence-electron chi connectivity index (χ3n) is 4.59. The molecule has 118 valence electrons. The van der Waals surface area contributed by atoms with E-state index < -0.39 is 5.97 Å². The van der Waals surface area contributed by atoms with Crippen molar-refractivity contribution < 1.29 is 19.4 Å². The summed E-state index contributed by atoms with van der Waals surface area (Å²) in [5.41, 5.74) is 0.404. The number of rotatable bonds is 2. The lowest BCUT2D eigenvalue weighted by Gasteiger charge is -2.38. The van der Waals surface area contributed by atoms with E-state index in [2.05, 4.69) is 0 Å². The number of piperidine rings is 1. The van der Waals surface area contributed by atoms with Gasteiger partial charge in [0.05, 0.1) is 21.8 Å². The fraction of sp³-hybridized carbons (Fsp3) is 0.500. The third-order valence-corrected chi connectivity index (χ3v) is 4.91. The largest absolute Gasteiger partial charge is 0.478 e. The van der Waals surface area contributed by atoms with Crippen molar-refractivity contribution in [3.05, 3.63) is 34.3 Å². The van der Waals surface area contributed by atoms with Crippen LogP contribution in [0, 0.1) is 0 Å². The van der Waals surface area contributed by atoms with E-state index in [0.29, 0.717) is 18.7 Å². The predicted molar refractivity (Wildman–Crippen MR) is 81.5 cm³/mol. The summed E-state index contributed by atoms with van der Waals surface area (Å²) in [6.07, 6.45) is 3.87. The van der Waals surface area contributed by atoms with E-state index in [1.54, 1.807) is 4.90 Å². The van der Waals surface area contributed by atoms with Crippen molar-refractivity contribution >= 4 is 23.5 Å². The maximum atomic E-state index is 12.6. The Balaban J connectivity index is 1.71. The molecule has 0 atom stereocenters. The Morgan fingerprint density at radius 3 is 2.50 bits per heavy atom. The normalized spacial score (nSPS) is 20.3. The summed E-state index contributed by atoms with van der Waals surface area (Å²) < 4.78 is 5.85. The Kier molecular flexibility index (Phi) is 4.10. The Hall–Kier alpha value is -1.59. The van der Waals surface area contributed by atoms with Crippen LogP contribution in [0.4, 0.5) is 0 Å². The van der Waals surface area contributed by atoms with Gasteiger partial charge < -0.3 is 14.7 Å². The van der Waals surface area contributed by atoms with Gasteiger partial charge in [0.1, 0.15) is 0 Å². The molecular formula is C16H18ClNO4. The van der Waals surface area contributed by atoms with Gasteiger partial charge in [0.25, 0.3) is 5.91 Å². The molecular weight excluding hydrogens is 306 g/mol. The lowest BCUT2D eigenvalue weighted by molar-refractivity contribution is -0.0387. The highest BCUT2D eigenvalue weighted by molar-refractivity contribution is 6.34. The number of benzene rings is 1. The van der Waals surface area contributed by atoms with Crippen LogP contribution in [-0.2, 0) is 4.74 Å². The minimum atomic E-state index is -1.06. The summed E-state index contributed by atoms with van der Waals surface area (Å²) in [5, 5.41) is 9.12. The highest BCUT2D eigenvalue weighted by Gasteiger charge is 2.39. The van der Waals surface area contributed by atoms with E-state index in [1.165, 1.54) is 18.2 Å². The van der Waals surface area contributed by atoms with Crippen molar-refractivity contribution in [2.45, 2.75) is 31.3 Å². The van der Waals surface area contributed by atoms with E-state index in [0.717, 1.165) is 32.3 Å². The molecule has 1 amide bonds. The fourth-order valence-electron chi connectivity index (χ4n) is 3.26. The van der Waals surface area contributed by atoms with Crippen LogP contribution < -0.4 is 0 Å². The molecule has 3 rings (SSSR count). The van der Waals surface area contributed by atoms with Crippen LogP contribution in [0.2, 0.25) is 5.02 Å². The van der Waals surface area contributed by atoms with Crippen molar-refractivity contribution in [1.29, 1.82) is 0 Å². The summed E-state index contributed by atoms with van der Waals surface area (Å²) >= 11 is 6.07. The molecule has 1 N–H and O–H groups in total. The molecule has 22 heavy (non-hydrogen) atoms. The number of carbonyl (C=O) groups excluding carboxylic acids is 1. The number of carbonyl (C=O) groups is 2. The molecule has 6 heteroatoms. The molecule has 0 saturated carbocycles. The molecule has 2 aliphatic rings. The molecule has 1 aromatic rings. The summed E-state index contributed by atoms with van der Waals surface area (Å²) in [6.45, 7) is 2.11. The van der Waals surface area contributed by atoms with Crippen molar-refractivity contribution in [2.24, 2.45) is 0 Å². The summed E-state index contributed by atoms with van der Waals surface area (Å²) in [5.74, 6) is -1.20. The molecule has 2 heterocycles. The number of nitrogens with zero attached hydrogens (tertiary/aromatic N) is 1. The standard InChI is InChI=1S/C16H18ClNO4/c17-13-10-11(15(20)21)2-3-12(13)14(19)18-7-5-16(6-8-18)4-1-9-22-16/h2-3,10H,1,4-9H2,(H,20,21). The van der Waals surface area contributed by atoms with Crippen molar-refractivity contribution in [1.82, 2.24) is 4.90 Å². The van der Waals surface area contributed by atoms with Gasteiger partial charge in [-0.2, -0.15) is 0 Å². The third kappa shape index (κ3) is 2.83. The molecule has 1 spiro atoms. The first-order chi connectivity index (χ1) is 10.5. The topological polar surface area (TPSA) is 66.8 Å². The molecule has 0 radical (unpaired) electrons. The molecule has 2 fully saturated rings. The zero-order valence-corrected chi connectivity index (χ0v) is 12.9.